The van der Waals surface area contributed by atoms with Crippen LogP contribution in [0.1, 0.15) is 37.5 Å². The SMILES string of the molecule is Cc1c(C=NNC(=O)c2cccc([N+](=O)[O-])c2)c2ccccn2c1C(=O)c1ccncc1. The molecule has 1 N–H and O–H groups in total. The highest BCUT2D eigenvalue weighted by Crippen LogP contribution is 2.24. The molecule has 1 amide bonds. The summed E-state index contributed by atoms with van der Waals surface area (Å²) >= 11 is 0. The van der Waals surface area contributed by atoms with E-state index in [9.17, 15) is 19.7 Å². The number of aromatic nitrogens is 2. The molecule has 0 aliphatic carbocycles. The van der Waals surface area contributed by atoms with E-state index in [0.29, 0.717) is 22.4 Å². The first-order valence-electron chi connectivity index (χ1n) is 9.59. The van der Waals surface area contributed by atoms with Gasteiger partial charge in [-0.3, -0.25) is 24.7 Å². The van der Waals surface area contributed by atoms with Gasteiger partial charge < -0.3 is 4.40 Å². The second-order valence-electron chi connectivity index (χ2n) is 6.91. The van der Waals surface area contributed by atoms with E-state index < -0.39 is 10.8 Å². The number of nitro groups is 1. The number of nitrogens with zero attached hydrogens (tertiary/aromatic N) is 4. The number of benzene rings is 1. The van der Waals surface area contributed by atoms with Gasteiger partial charge in [0.15, 0.2) is 0 Å². The predicted molar refractivity (Wildman–Crippen MR) is 118 cm³/mol. The lowest BCUT2D eigenvalue weighted by Gasteiger charge is -2.03. The van der Waals surface area contributed by atoms with E-state index >= 15 is 0 Å². The summed E-state index contributed by atoms with van der Waals surface area (Å²) in [6.45, 7) is 1.81. The summed E-state index contributed by atoms with van der Waals surface area (Å²) in [7, 11) is 0. The Balaban J connectivity index is 1.65. The van der Waals surface area contributed by atoms with Crippen molar-refractivity contribution in [3.05, 3.63) is 111 Å². The molecular formula is C23H17N5O4. The van der Waals surface area contributed by atoms with E-state index in [0.717, 1.165) is 5.52 Å². The largest absolute Gasteiger partial charge is 0.313 e. The van der Waals surface area contributed by atoms with Crippen LogP contribution in [-0.2, 0) is 0 Å². The number of nitro benzene ring substituents is 1. The predicted octanol–water partition coefficient (Wildman–Crippen LogP) is 3.55. The maximum absolute atomic E-state index is 13.1. The fourth-order valence-corrected chi connectivity index (χ4v) is 3.42. The standard InChI is InChI=1S/C23H17N5O4/c1-15-19(14-25-26-23(30)17-5-4-6-18(13-17)28(31)32)20-7-2-3-12-27(20)21(15)22(29)16-8-10-24-11-9-16/h2-14H,1H3,(H,26,30). The van der Waals surface area contributed by atoms with Crippen molar-refractivity contribution in [3.63, 3.8) is 0 Å². The molecule has 0 atom stereocenters. The van der Waals surface area contributed by atoms with Crippen LogP contribution >= 0.6 is 0 Å². The van der Waals surface area contributed by atoms with Gasteiger partial charge in [0.05, 0.1) is 22.3 Å². The Labute approximate surface area is 182 Å². The van der Waals surface area contributed by atoms with Gasteiger partial charge in [0.1, 0.15) is 0 Å². The minimum absolute atomic E-state index is 0.114. The summed E-state index contributed by atoms with van der Waals surface area (Å²) in [5, 5.41) is 14.9. The molecule has 0 fully saturated rings. The van der Waals surface area contributed by atoms with E-state index in [2.05, 4.69) is 15.5 Å². The summed E-state index contributed by atoms with van der Waals surface area (Å²) in [5.74, 6) is -0.745. The number of nitrogens with one attached hydrogen (secondary N) is 1. The number of hydrogen-bond acceptors (Lipinski definition) is 6. The molecule has 0 saturated carbocycles. The number of amides is 1. The van der Waals surface area contributed by atoms with Crippen LogP contribution in [0.5, 0.6) is 0 Å². The topological polar surface area (TPSA) is 119 Å². The molecule has 158 valence electrons. The highest BCUT2D eigenvalue weighted by Gasteiger charge is 2.20. The maximum Gasteiger partial charge on any atom is 0.271 e. The van der Waals surface area contributed by atoms with Crippen LogP contribution in [0.2, 0.25) is 0 Å². The Hall–Kier alpha value is -4.66. The Morgan fingerprint density at radius 2 is 1.88 bits per heavy atom. The molecule has 0 unspecified atom stereocenters. The molecule has 0 spiro atoms. The first-order chi connectivity index (χ1) is 15.5. The molecule has 4 rings (SSSR count). The minimum Gasteiger partial charge on any atom is -0.313 e. The molecule has 3 aromatic heterocycles. The smallest absolute Gasteiger partial charge is 0.271 e. The van der Waals surface area contributed by atoms with Gasteiger partial charge in [-0.05, 0) is 42.8 Å². The third kappa shape index (κ3) is 3.86. The number of hydrogen-bond donors (Lipinski definition) is 1. The van der Waals surface area contributed by atoms with Gasteiger partial charge in [-0.15, -0.1) is 0 Å². The minimum atomic E-state index is -0.584. The molecule has 4 aromatic rings. The number of hydrazone groups is 1. The van der Waals surface area contributed by atoms with Crippen molar-refractivity contribution in [3.8, 4) is 0 Å². The highest BCUT2D eigenvalue weighted by molar-refractivity contribution is 6.12. The van der Waals surface area contributed by atoms with Crippen LogP contribution in [0.25, 0.3) is 5.52 Å². The van der Waals surface area contributed by atoms with Crippen molar-refractivity contribution in [1.82, 2.24) is 14.8 Å². The normalized spacial score (nSPS) is 11.0. The zero-order chi connectivity index (χ0) is 22.7. The highest BCUT2D eigenvalue weighted by atomic mass is 16.6. The first-order valence-corrected chi connectivity index (χ1v) is 9.59. The van der Waals surface area contributed by atoms with Crippen molar-refractivity contribution in [2.24, 2.45) is 5.10 Å². The second-order valence-corrected chi connectivity index (χ2v) is 6.91. The number of ketones is 1. The molecule has 0 saturated heterocycles. The zero-order valence-corrected chi connectivity index (χ0v) is 16.9. The number of pyridine rings is 2. The average molecular weight is 427 g/mol. The van der Waals surface area contributed by atoms with E-state index in [1.54, 1.807) is 35.1 Å². The Bertz CT molecular complexity index is 1380. The van der Waals surface area contributed by atoms with Gasteiger partial charge in [0.25, 0.3) is 11.6 Å². The van der Waals surface area contributed by atoms with Crippen molar-refractivity contribution >= 4 is 29.1 Å². The molecule has 32 heavy (non-hydrogen) atoms. The summed E-state index contributed by atoms with van der Waals surface area (Å²) in [5.41, 5.74) is 5.42. The second kappa shape index (κ2) is 8.60. The lowest BCUT2D eigenvalue weighted by Crippen LogP contribution is -2.17. The molecule has 0 bridgehead atoms. The van der Waals surface area contributed by atoms with Gasteiger partial charge in [-0.25, -0.2) is 5.43 Å². The summed E-state index contributed by atoms with van der Waals surface area (Å²) in [4.78, 5) is 39.8. The number of carbonyl (C=O) groups is 2. The van der Waals surface area contributed by atoms with E-state index in [1.807, 2.05) is 25.1 Å². The number of fused-ring (bicyclic) bond motifs is 1. The maximum atomic E-state index is 13.1. The lowest BCUT2D eigenvalue weighted by atomic mass is 10.1. The average Bonchev–Trinajstić information content (AvgIpc) is 3.10. The molecule has 3 heterocycles. The number of non-ortho nitro benzene ring substituents is 1. The number of rotatable bonds is 6. The molecule has 0 radical (unpaired) electrons. The molecular weight excluding hydrogens is 410 g/mol. The Morgan fingerprint density at radius 3 is 2.62 bits per heavy atom. The number of carbonyl (C=O) groups excluding carboxylic acids is 2. The van der Waals surface area contributed by atoms with Crippen molar-refractivity contribution in [2.45, 2.75) is 6.92 Å². The molecule has 9 nitrogen and oxygen atoms in total. The summed E-state index contributed by atoms with van der Waals surface area (Å²) in [6, 6.07) is 14.2. The van der Waals surface area contributed by atoms with Crippen molar-refractivity contribution in [2.75, 3.05) is 0 Å². The fourth-order valence-electron chi connectivity index (χ4n) is 3.42. The van der Waals surface area contributed by atoms with Gasteiger partial charge >= 0.3 is 0 Å². The molecule has 0 aliphatic heterocycles. The Morgan fingerprint density at radius 1 is 1.09 bits per heavy atom. The molecule has 0 aliphatic rings. The molecule has 1 aromatic carbocycles. The lowest BCUT2D eigenvalue weighted by molar-refractivity contribution is -0.384. The third-order valence-corrected chi connectivity index (χ3v) is 4.97. The van der Waals surface area contributed by atoms with Crippen LogP contribution in [0, 0.1) is 17.0 Å². The van der Waals surface area contributed by atoms with Crippen molar-refractivity contribution < 1.29 is 14.5 Å². The van der Waals surface area contributed by atoms with Gasteiger partial charge in [-0.1, -0.05) is 12.1 Å². The van der Waals surface area contributed by atoms with E-state index in [4.69, 9.17) is 0 Å². The van der Waals surface area contributed by atoms with Crippen LogP contribution in [0.15, 0.2) is 78.3 Å². The molecule has 9 heteroatoms. The van der Waals surface area contributed by atoms with Gasteiger partial charge in [0, 0.05) is 47.4 Å². The Kier molecular flexibility index (Phi) is 5.54. The van der Waals surface area contributed by atoms with Crippen molar-refractivity contribution in [1.29, 1.82) is 0 Å². The zero-order valence-electron chi connectivity index (χ0n) is 16.9. The first kappa shape index (κ1) is 20.6. The monoisotopic (exact) mass is 427 g/mol. The van der Waals surface area contributed by atoms with Crippen LogP contribution in [-0.4, -0.2) is 32.2 Å². The van der Waals surface area contributed by atoms with Crippen LogP contribution < -0.4 is 5.43 Å². The van der Waals surface area contributed by atoms with Gasteiger partial charge in [0.2, 0.25) is 5.78 Å². The van der Waals surface area contributed by atoms with Crippen LogP contribution in [0.4, 0.5) is 5.69 Å². The quantitative estimate of drug-likeness (QED) is 0.218. The van der Waals surface area contributed by atoms with E-state index in [-0.39, 0.29) is 17.0 Å². The van der Waals surface area contributed by atoms with Crippen LogP contribution in [0.3, 0.4) is 0 Å². The summed E-state index contributed by atoms with van der Waals surface area (Å²) < 4.78 is 1.78. The van der Waals surface area contributed by atoms with Gasteiger partial charge in [-0.2, -0.15) is 5.10 Å². The van der Waals surface area contributed by atoms with E-state index in [1.165, 1.54) is 30.5 Å². The summed E-state index contributed by atoms with van der Waals surface area (Å²) in [6.07, 6.45) is 6.37. The fraction of sp³-hybridized carbons (Fsp3) is 0.0435. The third-order valence-electron chi connectivity index (χ3n) is 4.97.